The number of thioether (sulfide) groups is 1. The highest BCUT2D eigenvalue weighted by atomic mass is 32.2. The van der Waals surface area contributed by atoms with Gasteiger partial charge in [-0.25, -0.2) is 4.79 Å². The van der Waals surface area contributed by atoms with Crippen LogP contribution in [0.3, 0.4) is 0 Å². The fraction of sp³-hybridized carbons (Fsp3) is 0.250. The minimum Gasteiger partial charge on any atom is -0.480 e. The van der Waals surface area contributed by atoms with E-state index in [1.807, 2.05) is 0 Å². The van der Waals surface area contributed by atoms with Crippen molar-refractivity contribution in [3.8, 4) is 0 Å². The lowest BCUT2D eigenvalue weighted by molar-refractivity contribution is -0.145. The highest BCUT2D eigenvalue weighted by molar-refractivity contribution is 8.26. The molecule has 1 N–H and O–H groups in total. The highest BCUT2D eigenvalue weighted by Crippen LogP contribution is 2.34. The molecule has 100 valence electrons. The summed E-state index contributed by atoms with van der Waals surface area (Å²) >= 11 is 6.17. The number of carboxylic acids is 1. The van der Waals surface area contributed by atoms with E-state index < -0.39 is 12.0 Å². The number of aliphatic carboxylic acids is 1. The Balaban J connectivity index is 2.28. The third-order valence-corrected chi connectivity index (χ3v) is 3.95. The molecule has 0 aromatic carbocycles. The van der Waals surface area contributed by atoms with Crippen LogP contribution in [0.4, 0.5) is 0 Å². The molecule has 5 nitrogen and oxygen atoms in total. The third kappa shape index (κ3) is 2.71. The molecule has 1 amide bonds. The number of nitrogens with zero attached hydrogens (tertiary/aromatic N) is 1. The van der Waals surface area contributed by atoms with Crippen LogP contribution in [0.1, 0.15) is 19.1 Å². The zero-order valence-corrected chi connectivity index (χ0v) is 11.7. The van der Waals surface area contributed by atoms with Crippen LogP contribution in [0.2, 0.25) is 0 Å². The standard InChI is InChI=1S/C12H11NO4S2/c1-2-8(11(15)16)13-10(14)9(19-12(13)18)6-7-4-3-5-17-7/h3-6,8H,2H2,1H3,(H,15,16)/b9-6+/t8-/m0/s1. The maximum atomic E-state index is 12.2. The summed E-state index contributed by atoms with van der Waals surface area (Å²) in [5.74, 6) is -0.914. The first-order chi connectivity index (χ1) is 9.04. The number of carbonyl (C=O) groups excluding carboxylic acids is 1. The van der Waals surface area contributed by atoms with E-state index >= 15 is 0 Å². The average Bonchev–Trinajstić information content (AvgIpc) is 2.94. The monoisotopic (exact) mass is 297 g/mol. The molecule has 0 bridgehead atoms. The molecular weight excluding hydrogens is 286 g/mol. The van der Waals surface area contributed by atoms with Crippen LogP contribution in [-0.4, -0.2) is 32.2 Å². The smallest absolute Gasteiger partial charge is 0.326 e. The molecule has 0 unspecified atom stereocenters. The number of furan rings is 1. The number of carboxylic acid groups (broad SMARTS) is 1. The van der Waals surface area contributed by atoms with E-state index in [1.165, 1.54) is 6.26 Å². The lowest BCUT2D eigenvalue weighted by atomic mass is 10.2. The van der Waals surface area contributed by atoms with E-state index in [9.17, 15) is 9.59 Å². The Bertz CT molecular complexity index is 550. The van der Waals surface area contributed by atoms with Gasteiger partial charge in [0.1, 0.15) is 16.1 Å². The quantitative estimate of drug-likeness (QED) is 0.679. The molecule has 1 fully saturated rings. The van der Waals surface area contributed by atoms with Gasteiger partial charge in [-0.2, -0.15) is 0 Å². The molecule has 0 aliphatic carbocycles. The van der Waals surface area contributed by atoms with Crippen LogP contribution in [0.15, 0.2) is 27.7 Å². The predicted molar refractivity (Wildman–Crippen MR) is 75.4 cm³/mol. The second-order valence-electron chi connectivity index (χ2n) is 3.83. The van der Waals surface area contributed by atoms with Crippen LogP contribution in [0.25, 0.3) is 6.08 Å². The maximum Gasteiger partial charge on any atom is 0.326 e. The third-order valence-electron chi connectivity index (χ3n) is 2.62. The first-order valence-electron chi connectivity index (χ1n) is 5.58. The molecule has 19 heavy (non-hydrogen) atoms. The minimum absolute atomic E-state index is 0.261. The second-order valence-corrected chi connectivity index (χ2v) is 5.51. The molecule has 1 atom stereocenters. The summed E-state index contributed by atoms with van der Waals surface area (Å²) in [5.41, 5.74) is 0. The normalized spacial score (nSPS) is 19.2. The number of rotatable bonds is 4. The lowest BCUT2D eigenvalue weighted by Crippen LogP contribution is -2.43. The Morgan fingerprint density at radius 2 is 2.42 bits per heavy atom. The van der Waals surface area contributed by atoms with Crippen LogP contribution in [-0.2, 0) is 9.59 Å². The van der Waals surface area contributed by atoms with Crippen molar-refractivity contribution in [3.05, 3.63) is 29.1 Å². The van der Waals surface area contributed by atoms with E-state index in [0.29, 0.717) is 17.1 Å². The minimum atomic E-state index is -1.06. The van der Waals surface area contributed by atoms with Gasteiger partial charge in [-0.05, 0) is 18.6 Å². The average molecular weight is 297 g/mol. The van der Waals surface area contributed by atoms with Gasteiger partial charge in [0.05, 0.1) is 11.2 Å². The number of thiocarbonyl (C=S) groups is 1. The van der Waals surface area contributed by atoms with Crippen LogP contribution in [0.5, 0.6) is 0 Å². The molecule has 1 aliphatic heterocycles. The van der Waals surface area contributed by atoms with E-state index in [0.717, 1.165) is 16.7 Å². The van der Waals surface area contributed by atoms with Gasteiger partial charge < -0.3 is 9.52 Å². The highest BCUT2D eigenvalue weighted by Gasteiger charge is 2.39. The summed E-state index contributed by atoms with van der Waals surface area (Å²) in [6.07, 6.45) is 3.36. The van der Waals surface area contributed by atoms with Crippen molar-refractivity contribution in [1.29, 1.82) is 0 Å². The van der Waals surface area contributed by atoms with Crippen LogP contribution >= 0.6 is 24.0 Å². The first kappa shape index (κ1) is 13.8. The Labute approximate surface area is 119 Å². The van der Waals surface area contributed by atoms with Gasteiger partial charge >= 0.3 is 5.97 Å². The molecule has 7 heteroatoms. The van der Waals surface area contributed by atoms with Crippen molar-refractivity contribution in [2.24, 2.45) is 0 Å². The summed E-state index contributed by atoms with van der Waals surface area (Å²) < 4.78 is 5.39. The molecule has 0 radical (unpaired) electrons. The molecule has 2 rings (SSSR count). The topological polar surface area (TPSA) is 70.8 Å². The van der Waals surface area contributed by atoms with Crippen molar-refractivity contribution < 1.29 is 19.1 Å². The summed E-state index contributed by atoms with van der Waals surface area (Å²) in [6.45, 7) is 1.70. The van der Waals surface area contributed by atoms with Crippen LogP contribution < -0.4 is 0 Å². The summed E-state index contributed by atoms with van der Waals surface area (Å²) in [6, 6.07) is 2.50. The van der Waals surface area contributed by atoms with E-state index in [4.69, 9.17) is 21.7 Å². The van der Waals surface area contributed by atoms with Crippen molar-refractivity contribution in [3.63, 3.8) is 0 Å². The van der Waals surface area contributed by atoms with E-state index in [2.05, 4.69) is 0 Å². The van der Waals surface area contributed by atoms with Gasteiger partial charge in [0.2, 0.25) is 0 Å². The van der Waals surface area contributed by atoms with E-state index in [-0.39, 0.29) is 10.2 Å². The molecule has 2 heterocycles. The SMILES string of the molecule is CC[C@@H](C(=O)O)N1C(=O)/C(=C\c2ccco2)SC1=S. The maximum absolute atomic E-state index is 12.2. The Kier molecular flexibility index (Phi) is 4.06. The van der Waals surface area contributed by atoms with Crippen molar-refractivity contribution in [1.82, 2.24) is 4.90 Å². The Hall–Kier alpha value is -1.60. The summed E-state index contributed by atoms with van der Waals surface area (Å²) in [4.78, 5) is 24.8. The fourth-order valence-electron chi connectivity index (χ4n) is 1.72. The van der Waals surface area contributed by atoms with Gasteiger partial charge in [-0.3, -0.25) is 9.69 Å². The molecule has 1 aromatic heterocycles. The van der Waals surface area contributed by atoms with Gasteiger partial charge in [0.15, 0.2) is 0 Å². The van der Waals surface area contributed by atoms with Crippen molar-refractivity contribution >= 4 is 46.3 Å². The van der Waals surface area contributed by atoms with Crippen LogP contribution in [0, 0.1) is 0 Å². The fourth-order valence-corrected chi connectivity index (χ4v) is 3.06. The number of hydrogen-bond acceptors (Lipinski definition) is 5. The zero-order chi connectivity index (χ0) is 14.0. The molecule has 1 aromatic rings. The van der Waals surface area contributed by atoms with Gasteiger partial charge in [-0.1, -0.05) is 30.9 Å². The molecular formula is C12H11NO4S2. The Morgan fingerprint density at radius 3 is 2.95 bits per heavy atom. The van der Waals surface area contributed by atoms with E-state index in [1.54, 1.807) is 25.1 Å². The molecule has 1 saturated heterocycles. The van der Waals surface area contributed by atoms with Gasteiger partial charge in [0, 0.05) is 6.08 Å². The molecule has 0 saturated carbocycles. The zero-order valence-electron chi connectivity index (χ0n) is 10.0. The second kappa shape index (κ2) is 5.58. The number of hydrogen-bond donors (Lipinski definition) is 1. The first-order valence-corrected chi connectivity index (χ1v) is 6.80. The summed E-state index contributed by atoms with van der Waals surface area (Å²) in [7, 11) is 0. The lowest BCUT2D eigenvalue weighted by Gasteiger charge is -2.21. The number of amides is 1. The largest absolute Gasteiger partial charge is 0.480 e. The summed E-state index contributed by atoms with van der Waals surface area (Å²) in [5, 5.41) is 9.11. The molecule has 1 aliphatic rings. The Morgan fingerprint density at radius 1 is 1.68 bits per heavy atom. The molecule has 0 spiro atoms. The van der Waals surface area contributed by atoms with Gasteiger partial charge in [-0.15, -0.1) is 0 Å². The van der Waals surface area contributed by atoms with Gasteiger partial charge in [0.25, 0.3) is 5.91 Å². The van der Waals surface area contributed by atoms with Crippen molar-refractivity contribution in [2.45, 2.75) is 19.4 Å². The predicted octanol–water partition coefficient (Wildman–Crippen LogP) is 2.34. The number of carbonyl (C=O) groups is 2. The van der Waals surface area contributed by atoms with Crippen molar-refractivity contribution in [2.75, 3.05) is 0 Å².